The first kappa shape index (κ1) is 18.2. The summed E-state index contributed by atoms with van der Waals surface area (Å²) in [6.07, 6.45) is 2.47. The first-order valence-electron chi connectivity index (χ1n) is 6.96. The first-order chi connectivity index (χ1) is 10.4. The van der Waals surface area contributed by atoms with Gasteiger partial charge in [0.2, 0.25) is 5.91 Å². The molecule has 0 spiro atoms. The number of carboxylic acids is 1. The summed E-state index contributed by atoms with van der Waals surface area (Å²) < 4.78 is 12.8. The average molecular weight is 325 g/mol. The number of amides is 1. The zero-order valence-electron chi connectivity index (χ0n) is 12.4. The van der Waals surface area contributed by atoms with Crippen LogP contribution in [-0.4, -0.2) is 28.8 Å². The van der Waals surface area contributed by atoms with Crippen LogP contribution >= 0.6 is 11.8 Å². The fourth-order valence-corrected chi connectivity index (χ4v) is 2.61. The van der Waals surface area contributed by atoms with E-state index >= 15 is 0 Å². The van der Waals surface area contributed by atoms with Crippen LogP contribution in [0.4, 0.5) is 4.39 Å². The van der Waals surface area contributed by atoms with Crippen molar-refractivity contribution in [2.24, 2.45) is 5.92 Å². The van der Waals surface area contributed by atoms with Gasteiger partial charge >= 0.3 is 5.97 Å². The van der Waals surface area contributed by atoms with Gasteiger partial charge in [-0.1, -0.05) is 13.0 Å². The number of carbonyl (C=O) groups is 2. The van der Waals surface area contributed by atoms with E-state index in [2.05, 4.69) is 11.9 Å². The number of hydrogen-bond donors (Lipinski definition) is 2. The second-order valence-corrected chi connectivity index (χ2v) is 6.02. The molecule has 0 bridgehead atoms. The van der Waals surface area contributed by atoms with Crippen LogP contribution in [0.15, 0.2) is 41.8 Å². The number of benzene rings is 1. The molecular formula is C16H20FNO3S. The maximum atomic E-state index is 12.8. The van der Waals surface area contributed by atoms with E-state index in [1.54, 1.807) is 25.1 Å². The van der Waals surface area contributed by atoms with Crippen molar-refractivity contribution in [2.75, 3.05) is 5.75 Å². The lowest BCUT2D eigenvalue weighted by molar-refractivity contribution is -0.142. The minimum atomic E-state index is -1.05. The highest BCUT2D eigenvalue weighted by molar-refractivity contribution is 7.99. The van der Waals surface area contributed by atoms with Crippen molar-refractivity contribution in [1.29, 1.82) is 0 Å². The summed E-state index contributed by atoms with van der Waals surface area (Å²) in [7, 11) is 0. The Bertz CT molecular complexity index is 519. The Morgan fingerprint density at radius 1 is 1.41 bits per heavy atom. The van der Waals surface area contributed by atoms with Crippen LogP contribution in [-0.2, 0) is 9.59 Å². The molecule has 22 heavy (non-hydrogen) atoms. The summed E-state index contributed by atoms with van der Waals surface area (Å²) in [6, 6.07) is 5.12. The monoisotopic (exact) mass is 325 g/mol. The fourth-order valence-electron chi connectivity index (χ4n) is 1.68. The quantitative estimate of drug-likeness (QED) is 0.541. The van der Waals surface area contributed by atoms with Gasteiger partial charge in [0.25, 0.3) is 0 Å². The highest BCUT2D eigenvalue weighted by Gasteiger charge is 2.22. The molecule has 0 aliphatic rings. The first-order valence-corrected chi connectivity index (χ1v) is 7.95. The molecule has 1 rings (SSSR count). The van der Waals surface area contributed by atoms with Crippen molar-refractivity contribution in [1.82, 2.24) is 5.32 Å². The maximum absolute atomic E-state index is 12.8. The molecule has 0 saturated heterocycles. The van der Waals surface area contributed by atoms with Crippen LogP contribution in [0.3, 0.4) is 0 Å². The smallest absolute Gasteiger partial charge is 0.326 e. The average Bonchev–Trinajstić information content (AvgIpc) is 2.50. The molecule has 0 aromatic heterocycles. The second-order valence-electron chi connectivity index (χ2n) is 4.93. The van der Waals surface area contributed by atoms with Gasteiger partial charge in [-0.3, -0.25) is 4.79 Å². The normalized spacial score (nSPS) is 13.2. The number of nitrogens with one attached hydrogen (secondary N) is 1. The van der Waals surface area contributed by atoms with Gasteiger partial charge in [-0.25, -0.2) is 9.18 Å². The van der Waals surface area contributed by atoms with Crippen molar-refractivity contribution in [3.63, 3.8) is 0 Å². The number of allylic oxidation sites excluding steroid dienone is 1. The van der Waals surface area contributed by atoms with Gasteiger partial charge in [-0.15, -0.1) is 18.3 Å². The molecule has 0 aliphatic carbocycles. The zero-order valence-corrected chi connectivity index (χ0v) is 13.2. The number of aliphatic carboxylic acids is 1. The molecule has 0 aliphatic heterocycles. The van der Waals surface area contributed by atoms with Crippen molar-refractivity contribution in [3.8, 4) is 0 Å². The molecule has 1 amide bonds. The summed E-state index contributed by atoms with van der Waals surface area (Å²) in [6.45, 7) is 5.27. The molecule has 1 aromatic carbocycles. The molecule has 0 fully saturated rings. The van der Waals surface area contributed by atoms with Crippen molar-refractivity contribution >= 4 is 23.6 Å². The highest BCUT2D eigenvalue weighted by atomic mass is 32.2. The highest BCUT2D eigenvalue weighted by Crippen LogP contribution is 2.21. The van der Waals surface area contributed by atoms with Crippen molar-refractivity contribution in [3.05, 3.63) is 42.7 Å². The Labute approximate surface area is 133 Å². The second kappa shape index (κ2) is 9.25. The van der Waals surface area contributed by atoms with E-state index < -0.39 is 12.0 Å². The third-order valence-electron chi connectivity index (χ3n) is 3.04. The third-order valence-corrected chi connectivity index (χ3v) is 4.31. The van der Waals surface area contributed by atoms with Gasteiger partial charge in [-0.2, -0.15) is 0 Å². The van der Waals surface area contributed by atoms with Crippen LogP contribution in [0.5, 0.6) is 0 Å². The molecule has 0 heterocycles. The molecule has 2 atom stereocenters. The minimum Gasteiger partial charge on any atom is -0.480 e. The molecule has 4 nitrogen and oxygen atoms in total. The van der Waals surface area contributed by atoms with E-state index in [0.29, 0.717) is 18.6 Å². The van der Waals surface area contributed by atoms with E-state index in [4.69, 9.17) is 5.11 Å². The predicted octanol–water partition coefficient (Wildman–Crippen LogP) is 3.09. The molecule has 120 valence electrons. The van der Waals surface area contributed by atoms with Gasteiger partial charge in [-0.05, 0) is 37.1 Å². The van der Waals surface area contributed by atoms with Gasteiger partial charge in [0.15, 0.2) is 0 Å². The number of rotatable bonds is 9. The molecular weight excluding hydrogens is 305 g/mol. The summed E-state index contributed by atoms with van der Waals surface area (Å²) in [5.41, 5.74) is 0. The standard InChI is InChI=1S/C16H20FNO3S/c1-3-4-5-14(16(20)21)18-15(19)11(2)10-22-13-8-6-12(17)7-9-13/h3,6-9,11,14H,1,4-5,10H2,2H3,(H,18,19)(H,20,21). The number of hydrogen-bond acceptors (Lipinski definition) is 3. The number of carbonyl (C=O) groups excluding carboxylic acids is 1. The lowest BCUT2D eigenvalue weighted by atomic mass is 10.1. The Morgan fingerprint density at radius 3 is 2.59 bits per heavy atom. The maximum Gasteiger partial charge on any atom is 0.326 e. The molecule has 2 unspecified atom stereocenters. The van der Waals surface area contributed by atoms with E-state index in [1.165, 1.54) is 23.9 Å². The topological polar surface area (TPSA) is 66.4 Å². The number of carboxylic acid groups (broad SMARTS) is 1. The summed E-state index contributed by atoms with van der Waals surface area (Å²) in [4.78, 5) is 24.0. The van der Waals surface area contributed by atoms with Crippen LogP contribution in [0.1, 0.15) is 19.8 Å². The van der Waals surface area contributed by atoms with Gasteiger partial charge in [0, 0.05) is 16.6 Å². The lowest BCUT2D eigenvalue weighted by Gasteiger charge is -2.17. The predicted molar refractivity (Wildman–Crippen MR) is 85.3 cm³/mol. The van der Waals surface area contributed by atoms with Gasteiger partial charge in [0.1, 0.15) is 11.9 Å². The minimum absolute atomic E-state index is 0.300. The molecule has 6 heteroatoms. The zero-order chi connectivity index (χ0) is 16.5. The Balaban J connectivity index is 2.47. The molecule has 0 saturated carbocycles. The van der Waals surface area contributed by atoms with E-state index in [0.717, 1.165) is 4.90 Å². The SMILES string of the molecule is C=CCCC(NC(=O)C(C)CSc1ccc(F)cc1)C(=O)O. The van der Waals surface area contributed by atoms with Gasteiger partial charge in [0.05, 0.1) is 0 Å². The van der Waals surface area contributed by atoms with E-state index in [-0.39, 0.29) is 17.6 Å². The lowest BCUT2D eigenvalue weighted by Crippen LogP contribution is -2.43. The fraction of sp³-hybridized carbons (Fsp3) is 0.375. The number of halogens is 1. The molecule has 1 aromatic rings. The van der Waals surface area contributed by atoms with E-state index in [1.807, 2.05) is 0 Å². The van der Waals surface area contributed by atoms with Crippen LogP contribution in [0, 0.1) is 11.7 Å². The Kier molecular flexibility index (Phi) is 7.66. The van der Waals surface area contributed by atoms with Crippen LogP contribution in [0.2, 0.25) is 0 Å². The van der Waals surface area contributed by atoms with Crippen molar-refractivity contribution in [2.45, 2.75) is 30.7 Å². The Morgan fingerprint density at radius 2 is 2.05 bits per heavy atom. The summed E-state index contributed by atoms with van der Waals surface area (Å²) in [5.74, 6) is -1.51. The molecule has 0 radical (unpaired) electrons. The Hall–Kier alpha value is -1.82. The van der Waals surface area contributed by atoms with Gasteiger partial charge < -0.3 is 10.4 Å². The summed E-state index contributed by atoms with van der Waals surface area (Å²) in [5, 5.41) is 11.6. The summed E-state index contributed by atoms with van der Waals surface area (Å²) >= 11 is 1.43. The van der Waals surface area contributed by atoms with Crippen LogP contribution in [0.25, 0.3) is 0 Å². The third kappa shape index (κ3) is 6.30. The number of thioether (sulfide) groups is 1. The van der Waals surface area contributed by atoms with E-state index in [9.17, 15) is 14.0 Å². The van der Waals surface area contributed by atoms with Crippen molar-refractivity contribution < 1.29 is 19.1 Å². The largest absolute Gasteiger partial charge is 0.480 e. The van der Waals surface area contributed by atoms with Crippen LogP contribution < -0.4 is 5.32 Å². The molecule has 2 N–H and O–H groups in total.